The van der Waals surface area contributed by atoms with E-state index in [0.717, 1.165) is 33.8 Å². The van der Waals surface area contributed by atoms with Crippen LogP contribution in [-0.4, -0.2) is 11.2 Å². The van der Waals surface area contributed by atoms with Crippen molar-refractivity contribution < 1.29 is 0 Å². The van der Waals surface area contributed by atoms with Crippen molar-refractivity contribution in [1.29, 1.82) is 0 Å². The maximum Gasteiger partial charge on any atom is 0.0717 e. The predicted octanol–water partition coefficient (Wildman–Crippen LogP) is 9.17. The summed E-state index contributed by atoms with van der Waals surface area (Å²) in [6.07, 6.45) is 3.87. The number of anilines is 1. The molecule has 0 aliphatic rings. The van der Waals surface area contributed by atoms with Gasteiger partial charge in [0.2, 0.25) is 0 Å². The zero-order valence-electron chi connectivity index (χ0n) is 20.0. The highest BCUT2D eigenvalue weighted by Gasteiger charge is 2.15. The lowest BCUT2D eigenvalue weighted by molar-refractivity contribution is 0.590. The summed E-state index contributed by atoms with van der Waals surface area (Å²) in [7, 11) is 0. The molecule has 4 heteroatoms. The van der Waals surface area contributed by atoms with E-state index in [2.05, 4.69) is 86.4 Å². The third kappa shape index (κ3) is 5.38. The number of halogens is 1. The molecule has 3 aromatic carbocycles. The van der Waals surface area contributed by atoms with Gasteiger partial charge in [0.05, 0.1) is 10.7 Å². The number of nitrogens with one attached hydrogen (secondary N) is 1. The number of hydrogen-bond donors (Lipinski definition) is 1. The highest BCUT2D eigenvalue weighted by Crippen LogP contribution is 2.35. The van der Waals surface area contributed by atoms with Crippen molar-refractivity contribution in [2.45, 2.75) is 31.1 Å². The van der Waals surface area contributed by atoms with Crippen molar-refractivity contribution in [2.75, 3.05) is 11.6 Å². The van der Waals surface area contributed by atoms with Gasteiger partial charge in [-0.25, -0.2) is 0 Å². The molecule has 0 amide bonds. The first-order valence-electron chi connectivity index (χ1n) is 11.2. The van der Waals surface area contributed by atoms with Gasteiger partial charge in [-0.05, 0) is 70.8 Å². The van der Waals surface area contributed by atoms with Crippen molar-refractivity contribution in [2.24, 2.45) is 0 Å². The minimum atomic E-state index is 0.119. The van der Waals surface area contributed by atoms with Crippen molar-refractivity contribution in [1.82, 2.24) is 4.98 Å². The number of nitrogens with zero attached hydrogens (tertiary/aromatic N) is 1. The summed E-state index contributed by atoms with van der Waals surface area (Å²) in [5.41, 5.74) is 8.30. The third-order valence-corrected chi connectivity index (χ3v) is 6.87. The SMILES string of the molecule is C=C(Nc1ccc(Cl)c(-c2ccccn2)c1)c1ccc(SC)cc1-c1ccc(C(C)(C)C)cc1. The molecule has 4 rings (SSSR count). The topological polar surface area (TPSA) is 24.9 Å². The molecule has 172 valence electrons. The average molecular weight is 485 g/mol. The summed E-state index contributed by atoms with van der Waals surface area (Å²) < 4.78 is 0. The highest BCUT2D eigenvalue weighted by molar-refractivity contribution is 7.98. The largest absolute Gasteiger partial charge is 0.355 e. The van der Waals surface area contributed by atoms with E-state index in [4.69, 9.17) is 11.6 Å². The molecule has 0 saturated carbocycles. The summed E-state index contributed by atoms with van der Waals surface area (Å²) in [5.74, 6) is 0. The molecule has 0 aliphatic heterocycles. The van der Waals surface area contributed by atoms with Gasteiger partial charge in [-0.3, -0.25) is 4.98 Å². The Labute approximate surface area is 212 Å². The van der Waals surface area contributed by atoms with Gasteiger partial charge in [-0.15, -0.1) is 11.8 Å². The molecular formula is C30H29ClN2S. The molecule has 1 N–H and O–H groups in total. The van der Waals surface area contributed by atoms with E-state index in [9.17, 15) is 0 Å². The van der Waals surface area contributed by atoms with E-state index in [1.54, 1.807) is 18.0 Å². The van der Waals surface area contributed by atoms with E-state index in [0.29, 0.717) is 5.02 Å². The van der Waals surface area contributed by atoms with Crippen LogP contribution in [0.4, 0.5) is 5.69 Å². The van der Waals surface area contributed by atoms with Crippen LogP contribution in [0.1, 0.15) is 31.9 Å². The second kappa shape index (κ2) is 10.1. The maximum absolute atomic E-state index is 6.48. The summed E-state index contributed by atoms with van der Waals surface area (Å²) >= 11 is 8.21. The molecule has 0 atom stereocenters. The lowest BCUT2D eigenvalue weighted by Crippen LogP contribution is -2.10. The number of hydrogen-bond acceptors (Lipinski definition) is 3. The van der Waals surface area contributed by atoms with Crippen LogP contribution >= 0.6 is 23.4 Å². The molecule has 2 nitrogen and oxygen atoms in total. The van der Waals surface area contributed by atoms with Crippen molar-refractivity contribution in [3.8, 4) is 22.4 Å². The molecule has 0 spiro atoms. The lowest BCUT2D eigenvalue weighted by Gasteiger charge is -2.20. The number of aromatic nitrogens is 1. The van der Waals surface area contributed by atoms with Crippen LogP contribution in [0.5, 0.6) is 0 Å². The molecule has 0 aliphatic carbocycles. The molecule has 4 aromatic rings. The summed E-state index contributed by atoms with van der Waals surface area (Å²) in [6, 6.07) is 27.1. The van der Waals surface area contributed by atoms with E-state index >= 15 is 0 Å². The Hall–Kier alpha value is -3.01. The summed E-state index contributed by atoms with van der Waals surface area (Å²) in [6.45, 7) is 11.1. The average Bonchev–Trinajstić information content (AvgIpc) is 2.85. The minimum absolute atomic E-state index is 0.119. The minimum Gasteiger partial charge on any atom is -0.355 e. The smallest absolute Gasteiger partial charge is 0.0717 e. The van der Waals surface area contributed by atoms with Crippen LogP contribution in [0.25, 0.3) is 28.1 Å². The normalized spacial score (nSPS) is 11.3. The fraction of sp³-hybridized carbons (Fsp3) is 0.167. The van der Waals surface area contributed by atoms with Crippen molar-refractivity contribution in [3.05, 3.63) is 108 Å². The fourth-order valence-corrected chi connectivity index (χ4v) is 4.52. The second-order valence-electron chi connectivity index (χ2n) is 9.25. The summed E-state index contributed by atoms with van der Waals surface area (Å²) in [5, 5.41) is 4.16. The molecule has 0 unspecified atom stereocenters. The number of benzene rings is 3. The van der Waals surface area contributed by atoms with Crippen LogP contribution in [-0.2, 0) is 5.41 Å². The molecule has 0 bridgehead atoms. The van der Waals surface area contributed by atoms with Gasteiger partial charge >= 0.3 is 0 Å². The van der Waals surface area contributed by atoms with E-state index in [1.807, 2.05) is 36.4 Å². The van der Waals surface area contributed by atoms with Crippen LogP contribution in [0.15, 0.2) is 96.5 Å². The second-order valence-corrected chi connectivity index (χ2v) is 10.5. The Morgan fingerprint density at radius 2 is 1.68 bits per heavy atom. The number of pyridine rings is 1. The van der Waals surface area contributed by atoms with Gasteiger partial charge in [0.1, 0.15) is 0 Å². The number of thioether (sulfide) groups is 1. The predicted molar refractivity (Wildman–Crippen MR) is 150 cm³/mol. The molecule has 0 radical (unpaired) electrons. The Balaban J connectivity index is 1.68. The first-order chi connectivity index (χ1) is 16.3. The number of rotatable bonds is 6. The molecule has 0 saturated heterocycles. The Bertz CT molecular complexity index is 1310. The maximum atomic E-state index is 6.48. The molecule has 34 heavy (non-hydrogen) atoms. The third-order valence-electron chi connectivity index (χ3n) is 5.82. The lowest BCUT2D eigenvalue weighted by atomic mass is 9.86. The van der Waals surface area contributed by atoms with Crippen molar-refractivity contribution >= 4 is 34.7 Å². The monoisotopic (exact) mass is 484 g/mol. The Kier molecular flexibility index (Phi) is 7.16. The first kappa shape index (κ1) is 24.1. The quantitative estimate of drug-likeness (QED) is 0.276. The van der Waals surface area contributed by atoms with E-state index in [-0.39, 0.29) is 5.41 Å². The van der Waals surface area contributed by atoms with E-state index in [1.165, 1.54) is 16.0 Å². The first-order valence-corrected chi connectivity index (χ1v) is 12.8. The van der Waals surface area contributed by atoms with Gasteiger partial charge in [0, 0.05) is 33.6 Å². The fourth-order valence-electron chi connectivity index (χ4n) is 3.87. The highest BCUT2D eigenvalue weighted by atomic mass is 35.5. The standard InChI is InChI=1S/C30H29ClN2S/c1-20(33-23-13-16-28(31)27(18-23)29-8-6-7-17-32-29)25-15-14-24(34-5)19-26(25)21-9-11-22(12-10-21)30(2,3)4/h6-19,33H,1H2,2-5H3. The van der Waals surface area contributed by atoms with Crippen LogP contribution in [0.2, 0.25) is 5.02 Å². The Morgan fingerprint density at radius 1 is 0.912 bits per heavy atom. The summed E-state index contributed by atoms with van der Waals surface area (Å²) in [4.78, 5) is 5.67. The van der Waals surface area contributed by atoms with Gasteiger partial charge in [0.15, 0.2) is 0 Å². The molecule has 1 heterocycles. The van der Waals surface area contributed by atoms with Gasteiger partial charge < -0.3 is 5.32 Å². The van der Waals surface area contributed by atoms with Gasteiger partial charge in [-0.1, -0.05) is 75.3 Å². The molecular weight excluding hydrogens is 456 g/mol. The Morgan fingerprint density at radius 3 is 2.32 bits per heavy atom. The zero-order valence-corrected chi connectivity index (χ0v) is 21.6. The molecule has 1 aromatic heterocycles. The zero-order chi connectivity index (χ0) is 24.3. The molecule has 0 fully saturated rings. The van der Waals surface area contributed by atoms with Crippen molar-refractivity contribution in [3.63, 3.8) is 0 Å². The van der Waals surface area contributed by atoms with Crippen LogP contribution in [0, 0.1) is 0 Å². The van der Waals surface area contributed by atoms with Crippen LogP contribution < -0.4 is 5.32 Å². The van der Waals surface area contributed by atoms with Gasteiger partial charge in [0.25, 0.3) is 0 Å². The van der Waals surface area contributed by atoms with E-state index < -0.39 is 0 Å². The van der Waals surface area contributed by atoms with Gasteiger partial charge in [-0.2, -0.15) is 0 Å². The van der Waals surface area contributed by atoms with Crippen LogP contribution in [0.3, 0.4) is 0 Å².